The van der Waals surface area contributed by atoms with E-state index >= 15 is 0 Å². The summed E-state index contributed by atoms with van der Waals surface area (Å²) in [6, 6.07) is 12.6. The van der Waals surface area contributed by atoms with Crippen LogP contribution in [0.5, 0.6) is 0 Å². The van der Waals surface area contributed by atoms with Crippen molar-refractivity contribution in [1.82, 2.24) is 0 Å². The highest BCUT2D eigenvalue weighted by molar-refractivity contribution is 6.60. The Labute approximate surface area is 154 Å². The Morgan fingerprint density at radius 2 is 1.75 bits per heavy atom. The highest BCUT2D eigenvalue weighted by Gasteiger charge is 2.37. The number of nitrogens with zero attached hydrogens (tertiary/aromatic N) is 1. The quantitative estimate of drug-likeness (QED) is 0.280. The maximum absolute atomic E-state index is 12.5. The summed E-state index contributed by atoms with van der Waals surface area (Å²) in [5.41, 5.74) is 1.90. The Morgan fingerprint density at radius 1 is 1.17 bits per heavy atom. The van der Waals surface area contributed by atoms with Crippen LogP contribution in [-0.2, 0) is 0 Å². The number of rotatable bonds is 6. The van der Waals surface area contributed by atoms with Crippen LogP contribution < -0.4 is 0 Å². The number of halogens is 3. The Hall–Kier alpha value is -1.62. The Morgan fingerprint density at radius 3 is 2.29 bits per heavy atom. The Bertz CT molecular complexity index is 760. The zero-order valence-electron chi connectivity index (χ0n) is 12.7. The van der Waals surface area contributed by atoms with Gasteiger partial charge in [-0.1, -0.05) is 47.5 Å². The molecule has 0 spiro atoms. The van der Waals surface area contributed by atoms with E-state index in [0.29, 0.717) is 0 Å². The topological polar surface area (TPSA) is 60.2 Å². The summed E-state index contributed by atoms with van der Waals surface area (Å²) in [4.78, 5) is 22.6. The van der Waals surface area contributed by atoms with Gasteiger partial charge in [-0.05, 0) is 30.2 Å². The van der Waals surface area contributed by atoms with E-state index in [-0.39, 0.29) is 17.7 Å². The van der Waals surface area contributed by atoms with Crippen molar-refractivity contribution in [2.24, 2.45) is 0 Å². The van der Waals surface area contributed by atoms with Gasteiger partial charge in [0, 0.05) is 24.1 Å². The molecule has 0 saturated carbocycles. The van der Waals surface area contributed by atoms with Crippen LogP contribution in [0.25, 0.3) is 0 Å². The van der Waals surface area contributed by atoms with Crippen LogP contribution in [0.3, 0.4) is 0 Å². The molecule has 0 heterocycles. The first-order valence-electron chi connectivity index (χ1n) is 7.09. The van der Waals surface area contributed by atoms with Gasteiger partial charge in [0.1, 0.15) is 0 Å². The van der Waals surface area contributed by atoms with Crippen molar-refractivity contribution in [2.75, 3.05) is 0 Å². The van der Waals surface area contributed by atoms with Crippen LogP contribution in [0.4, 0.5) is 5.69 Å². The van der Waals surface area contributed by atoms with Crippen LogP contribution in [0.15, 0.2) is 48.5 Å². The standard InChI is InChI=1S/C17H14Cl3NO3/c1-11-4-2-3-5-14(11)15(18)10-17(19,20)16(22)12-6-8-13(9-7-12)21(23)24/h2-9,15H,10H2,1H3. The molecule has 0 N–H and O–H groups in total. The molecule has 0 amide bonds. The molecule has 2 aromatic carbocycles. The predicted molar refractivity (Wildman–Crippen MR) is 96.3 cm³/mol. The third kappa shape index (κ3) is 4.26. The van der Waals surface area contributed by atoms with Crippen LogP contribution in [0.1, 0.15) is 33.3 Å². The van der Waals surface area contributed by atoms with Crippen molar-refractivity contribution in [1.29, 1.82) is 0 Å². The Kier molecular flexibility index (Phi) is 5.86. The number of hydrogen-bond acceptors (Lipinski definition) is 3. The lowest BCUT2D eigenvalue weighted by Gasteiger charge is -2.22. The van der Waals surface area contributed by atoms with Crippen LogP contribution in [-0.4, -0.2) is 15.0 Å². The summed E-state index contributed by atoms with van der Waals surface area (Å²) in [5.74, 6) is -0.542. The SMILES string of the molecule is Cc1ccccc1C(Cl)CC(Cl)(Cl)C(=O)c1ccc([N+](=O)[O-])cc1. The van der Waals surface area contributed by atoms with Crippen molar-refractivity contribution in [3.05, 3.63) is 75.3 Å². The molecule has 0 aliphatic heterocycles. The lowest BCUT2D eigenvalue weighted by atomic mass is 9.98. The van der Waals surface area contributed by atoms with Crippen molar-refractivity contribution in [2.45, 2.75) is 23.1 Å². The highest BCUT2D eigenvalue weighted by atomic mass is 35.5. The van der Waals surface area contributed by atoms with E-state index in [1.54, 1.807) is 0 Å². The highest BCUT2D eigenvalue weighted by Crippen LogP contribution is 2.39. The van der Waals surface area contributed by atoms with Crippen molar-refractivity contribution < 1.29 is 9.72 Å². The fraction of sp³-hybridized carbons (Fsp3) is 0.235. The molecule has 0 radical (unpaired) electrons. The zero-order chi connectivity index (χ0) is 17.9. The van der Waals surface area contributed by atoms with Gasteiger partial charge in [-0.3, -0.25) is 14.9 Å². The van der Waals surface area contributed by atoms with E-state index in [1.807, 2.05) is 31.2 Å². The Balaban J connectivity index is 2.18. The molecule has 1 unspecified atom stereocenters. The second-order valence-corrected chi connectivity index (χ2v) is 7.38. The minimum absolute atomic E-state index is 0.0122. The van der Waals surface area contributed by atoms with E-state index in [0.717, 1.165) is 11.1 Å². The van der Waals surface area contributed by atoms with Gasteiger partial charge in [0.25, 0.3) is 5.69 Å². The largest absolute Gasteiger partial charge is 0.291 e. The predicted octanol–water partition coefficient (Wildman–Crippen LogP) is 5.63. The molecular formula is C17H14Cl3NO3. The third-order valence-corrected chi connectivity index (χ3v) is 4.68. The minimum atomic E-state index is -1.73. The number of hydrogen-bond donors (Lipinski definition) is 0. The lowest BCUT2D eigenvalue weighted by molar-refractivity contribution is -0.384. The van der Waals surface area contributed by atoms with E-state index < -0.39 is 20.4 Å². The van der Waals surface area contributed by atoms with Gasteiger partial charge in [0.2, 0.25) is 0 Å². The normalized spacial score (nSPS) is 12.7. The van der Waals surface area contributed by atoms with Gasteiger partial charge >= 0.3 is 0 Å². The molecule has 0 fully saturated rings. The number of nitro benzene ring substituents is 1. The number of non-ortho nitro benzene ring substituents is 1. The number of ketones is 1. The second-order valence-electron chi connectivity index (χ2n) is 5.37. The molecule has 2 aromatic rings. The summed E-state index contributed by atoms with van der Waals surface area (Å²) in [5, 5.41) is 10.1. The summed E-state index contributed by atoms with van der Waals surface area (Å²) in [6.45, 7) is 1.91. The van der Waals surface area contributed by atoms with Gasteiger partial charge in [-0.2, -0.15) is 0 Å². The average molecular weight is 387 g/mol. The number of nitro groups is 1. The number of carbonyl (C=O) groups is 1. The monoisotopic (exact) mass is 385 g/mol. The van der Waals surface area contributed by atoms with Crippen LogP contribution in [0, 0.1) is 17.0 Å². The molecule has 2 rings (SSSR count). The molecule has 7 heteroatoms. The number of benzene rings is 2. The summed E-state index contributed by atoms with van der Waals surface area (Å²) in [7, 11) is 0. The molecular weight excluding hydrogens is 373 g/mol. The molecule has 0 aliphatic carbocycles. The average Bonchev–Trinajstić information content (AvgIpc) is 2.54. The fourth-order valence-electron chi connectivity index (χ4n) is 2.31. The molecule has 0 aromatic heterocycles. The number of alkyl halides is 3. The first-order chi connectivity index (χ1) is 11.2. The lowest BCUT2D eigenvalue weighted by Crippen LogP contribution is -2.27. The summed E-state index contributed by atoms with van der Waals surface area (Å²) >= 11 is 18.8. The van der Waals surface area contributed by atoms with E-state index in [2.05, 4.69) is 0 Å². The van der Waals surface area contributed by atoms with Gasteiger partial charge in [0.15, 0.2) is 10.1 Å². The van der Waals surface area contributed by atoms with Gasteiger partial charge in [-0.25, -0.2) is 0 Å². The van der Waals surface area contributed by atoms with Gasteiger partial charge < -0.3 is 0 Å². The fourth-order valence-corrected chi connectivity index (χ4v) is 3.47. The first-order valence-corrected chi connectivity index (χ1v) is 8.28. The minimum Gasteiger partial charge on any atom is -0.291 e. The van der Waals surface area contributed by atoms with Gasteiger partial charge in [0.05, 0.1) is 10.3 Å². The maximum Gasteiger partial charge on any atom is 0.269 e. The van der Waals surface area contributed by atoms with Crippen LogP contribution >= 0.6 is 34.8 Å². The number of carbonyl (C=O) groups excluding carboxylic acids is 1. The maximum atomic E-state index is 12.5. The zero-order valence-corrected chi connectivity index (χ0v) is 15.0. The number of aryl methyl sites for hydroxylation is 1. The molecule has 126 valence electrons. The molecule has 24 heavy (non-hydrogen) atoms. The molecule has 1 atom stereocenters. The second kappa shape index (κ2) is 7.51. The molecule has 0 bridgehead atoms. The smallest absolute Gasteiger partial charge is 0.269 e. The third-order valence-electron chi connectivity index (χ3n) is 3.63. The van der Waals surface area contributed by atoms with Crippen molar-refractivity contribution in [3.8, 4) is 0 Å². The van der Waals surface area contributed by atoms with Crippen molar-refractivity contribution in [3.63, 3.8) is 0 Å². The molecule has 0 aliphatic rings. The number of Topliss-reactive ketones (excluding diaryl/α,β-unsaturated/α-hetero) is 1. The molecule has 0 saturated heterocycles. The van der Waals surface area contributed by atoms with E-state index in [9.17, 15) is 14.9 Å². The first kappa shape index (κ1) is 18.7. The van der Waals surface area contributed by atoms with Gasteiger partial charge in [-0.15, -0.1) is 11.6 Å². The van der Waals surface area contributed by atoms with E-state index in [4.69, 9.17) is 34.8 Å². The molecule has 4 nitrogen and oxygen atoms in total. The van der Waals surface area contributed by atoms with E-state index in [1.165, 1.54) is 24.3 Å². The summed E-state index contributed by atoms with van der Waals surface area (Å²) in [6.07, 6.45) is 0.0122. The van der Waals surface area contributed by atoms with Crippen molar-refractivity contribution >= 4 is 46.3 Å². The summed E-state index contributed by atoms with van der Waals surface area (Å²) < 4.78 is -1.73. The van der Waals surface area contributed by atoms with Crippen LogP contribution in [0.2, 0.25) is 0 Å².